The molecule has 9 nitrogen and oxygen atoms in total. The molecule has 3 aromatic carbocycles. The summed E-state index contributed by atoms with van der Waals surface area (Å²) in [5, 5.41) is 3.39. The lowest BCUT2D eigenvalue weighted by Crippen LogP contribution is -2.51. The Morgan fingerprint density at radius 1 is 0.927 bits per heavy atom. The van der Waals surface area contributed by atoms with Crippen LogP contribution in [0.3, 0.4) is 0 Å². The minimum Gasteiger partial charge on any atom is -0.497 e. The van der Waals surface area contributed by atoms with Crippen LogP contribution in [0.4, 0.5) is 5.69 Å². The number of amides is 2. The maximum absolute atomic E-state index is 14.1. The normalized spacial score (nSPS) is 12.0. The van der Waals surface area contributed by atoms with Crippen molar-refractivity contribution in [3.8, 4) is 11.5 Å². The van der Waals surface area contributed by atoms with Gasteiger partial charge in [0, 0.05) is 24.2 Å². The number of ether oxygens (including phenoxy) is 2. The second-order valence-corrected chi connectivity index (χ2v) is 12.1. The first kappa shape index (κ1) is 31.8. The second kappa shape index (κ2) is 14.2. The number of sulfonamides is 1. The number of methoxy groups -OCH3 is 2. The number of anilines is 1. The van der Waals surface area contributed by atoms with Crippen molar-refractivity contribution in [2.24, 2.45) is 5.92 Å². The van der Waals surface area contributed by atoms with Gasteiger partial charge in [-0.05, 0) is 54.8 Å². The van der Waals surface area contributed by atoms with E-state index in [1.807, 2.05) is 13.8 Å². The van der Waals surface area contributed by atoms with Crippen LogP contribution in [0.5, 0.6) is 11.5 Å². The molecule has 0 radical (unpaired) electrons. The van der Waals surface area contributed by atoms with Crippen molar-refractivity contribution in [2.45, 2.75) is 38.3 Å². The highest BCUT2D eigenvalue weighted by Crippen LogP contribution is 2.36. The number of halogens is 1. The molecular formula is C30H36ClN3O6S. The monoisotopic (exact) mass is 601 g/mol. The highest BCUT2D eigenvalue weighted by atomic mass is 35.5. The number of benzene rings is 3. The van der Waals surface area contributed by atoms with E-state index in [0.717, 1.165) is 9.87 Å². The summed E-state index contributed by atoms with van der Waals surface area (Å²) in [7, 11) is -1.39. The summed E-state index contributed by atoms with van der Waals surface area (Å²) in [6.07, 6.45) is 0. The summed E-state index contributed by atoms with van der Waals surface area (Å²) in [4.78, 5) is 28.5. The number of nitrogens with zero attached hydrogens (tertiary/aromatic N) is 2. The Morgan fingerprint density at radius 3 is 2.17 bits per heavy atom. The topological polar surface area (TPSA) is 105 Å². The van der Waals surface area contributed by atoms with Crippen LogP contribution in [0.15, 0.2) is 77.7 Å². The molecule has 1 atom stereocenters. The van der Waals surface area contributed by atoms with Gasteiger partial charge < -0.3 is 19.7 Å². The molecular weight excluding hydrogens is 566 g/mol. The Kier molecular flexibility index (Phi) is 11.0. The molecule has 0 bridgehead atoms. The van der Waals surface area contributed by atoms with Crippen LogP contribution in [-0.2, 0) is 26.2 Å². The van der Waals surface area contributed by atoms with Crippen molar-refractivity contribution in [3.63, 3.8) is 0 Å². The zero-order valence-electron chi connectivity index (χ0n) is 23.8. The molecule has 0 saturated heterocycles. The summed E-state index contributed by atoms with van der Waals surface area (Å²) in [5.74, 6) is -0.126. The molecule has 0 spiro atoms. The maximum Gasteiger partial charge on any atom is 0.264 e. The molecule has 0 aliphatic carbocycles. The Bertz CT molecular complexity index is 1430. The molecule has 1 N–H and O–H groups in total. The van der Waals surface area contributed by atoms with E-state index in [1.165, 1.54) is 37.3 Å². The van der Waals surface area contributed by atoms with Crippen molar-refractivity contribution in [1.82, 2.24) is 10.2 Å². The van der Waals surface area contributed by atoms with Gasteiger partial charge in [0.1, 0.15) is 24.1 Å². The third-order valence-corrected chi connectivity index (χ3v) is 8.41. The molecule has 0 aliphatic rings. The Labute approximate surface area is 247 Å². The molecule has 0 unspecified atom stereocenters. The fraction of sp³-hybridized carbons (Fsp3) is 0.333. The number of carbonyl (C=O) groups is 2. The van der Waals surface area contributed by atoms with Crippen LogP contribution < -0.4 is 19.1 Å². The van der Waals surface area contributed by atoms with E-state index in [1.54, 1.807) is 61.5 Å². The molecule has 3 aromatic rings. The predicted octanol–water partition coefficient (Wildman–Crippen LogP) is 4.74. The van der Waals surface area contributed by atoms with E-state index in [2.05, 4.69) is 5.32 Å². The van der Waals surface area contributed by atoms with Gasteiger partial charge in [0.2, 0.25) is 11.8 Å². The molecule has 0 saturated carbocycles. The van der Waals surface area contributed by atoms with E-state index in [4.69, 9.17) is 21.1 Å². The average Bonchev–Trinajstić information content (AvgIpc) is 2.97. The minimum absolute atomic E-state index is 0.00958. The van der Waals surface area contributed by atoms with Crippen LogP contribution in [0.1, 0.15) is 26.3 Å². The fourth-order valence-corrected chi connectivity index (χ4v) is 5.61. The third-order valence-electron chi connectivity index (χ3n) is 6.38. The molecule has 0 aromatic heterocycles. The highest BCUT2D eigenvalue weighted by Gasteiger charge is 2.34. The number of nitrogens with one attached hydrogen (secondary N) is 1. The minimum atomic E-state index is -4.25. The smallest absolute Gasteiger partial charge is 0.264 e. The SMILES string of the molecule is COc1ccc(OC)c(N(CC(=O)N(Cc2ccc(Cl)cc2)[C@H](C)C(=O)NCC(C)C)S(=O)(=O)c2ccccc2)c1. The first-order chi connectivity index (χ1) is 19.5. The lowest BCUT2D eigenvalue weighted by atomic mass is 10.1. The van der Waals surface area contributed by atoms with E-state index in [-0.39, 0.29) is 34.7 Å². The molecule has 0 fully saturated rings. The molecule has 3 rings (SSSR count). The highest BCUT2D eigenvalue weighted by molar-refractivity contribution is 7.92. The largest absolute Gasteiger partial charge is 0.497 e. The molecule has 220 valence electrons. The van der Waals surface area contributed by atoms with Crippen molar-refractivity contribution < 1.29 is 27.5 Å². The zero-order valence-corrected chi connectivity index (χ0v) is 25.4. The van der Waals surface area contributed by atoms with Crippen LogP contribution in [0.2, 0.25) is 5.02 Å². The summed E-state index contributed by atoms with van der Waals surface area (Å²) in [5.41, 5.74) is 0.843. The number of carbonyl (C=O) groups excluding carboxylic acids is 2. The average molecular weight is 602 g/mol. The van der Waals surface area contributed by atoms with Crippen molar-refractivity contribution in [1.29, 1.82) is 0 Å². The van der Waals surface area contributed by atoms with E-state index >= 15 is 0 Å². The van der Waals surface area contributed by atoms with Crippen LogP contribution >= 0.6 is 11.6 Å². The van der Waals surface area contributed by atoms with Crippen LogP contribution in [-0.4, -0.2) is 58.5 Å². The first-order valence-corrected chi connectivity index (χ1v) is 14.9. The summed E-state index contributed by atoms with van der Waals surface area (Å²) >= 11 is 6.05. The van der Waals surface area contributed by atoms with Crippen molar-refractivity contribution in [3.05, 3.63) is 83.4 Å². The Hall–Kier alpha value is -3.76. The van der Waals surface area contributed by atoms with Gasteiger partial charge in [-0.1, -0.05) is 55.8 Å². The zero-order chi connectivity index (χ0) is 30.2. The van der Waals surface area contributed by atoms with Gasteiger partial charge in [-0.2, -0.15) is 0 Å². The number of hydrogen-bond acceptors (Lipinski definition) is 6. The molecule has 2 amide bonds. The van der Waals surface area contributed by atoms with Crippen LogP contribution in [0.25, 0.3) is 0 Å². The van der Waals surface area contributed by atoms with Crippen molar-refractivity contribution >= 4 is 39.1 Å². The summed E-state index contributed by atoms with van der Waals surface area (Å²) < 4.78 is 39.8. The van der Waals surface area contributed by atoms with E-state index in [0.29, 0.717) is 17.3 Å². The maximum atomic E-state index is 14.1. The second-order valence-electron chi connectivity index (χ2n) is 9.83. The standard InChI is InChI=1S/C30H36ClN3O6S/c1-21(2)18-32-30(36)22(3)33(19-23-11-13-24(31)14-12-23)29(35)20-34(41(37,38)26-9-7-6-8-10-26)27-17-25(39-4)15-16-28(27)40-5/h6-17,21-22H,18-20H2,1-5H3,(H,32,36)/t22-/m1/s1. The molecule has 0 aliphatic heterocycles. The van der Waals surface area contributed by atoms with Gasteiger partial charge in [-0.25, -0.2) is 8.42 Å². The Morgan fingerprint density at radius 2 is 1.59 bits per heavy atom. The van der Waals surface area contributed by atoms with Gasteiger partial charge in [-0.3, -0.25) is 13.9 Å². The third kappa shape index (κ3) is 8.14. The number of rotatable bonds is 13. The van der Waals surface area contributed by atoms with E-state index in [9.17, 15) is 18.0 Å². The Balaban J connectivity index is 2.08. The quantitative estimate of drug-likeness (QED) is 0.303. The van der Waals surface area contributed by atoms with Gasteiger partial charge in [0.05, 0.1) is 24.8 Å². The lowest BCUT2D eigenvalue weighted by Gasteiger charge is -2.32. The van der Waals surface area contributed by atoms with E-state index < -0.39 is 28.5 Å². The lowest BCUT2D eigenvalue weighted by molar-refractivity contribution is -0.139. The molecule has 0 heterocycles. The van der Waals surface area contributed by atoms with Gasteiger partial charge in [0.15, 0.2) is 0 Å². The summed E-state index contributed by atoms with van der Waals surface area (Å²) in [6, 6.07) is 18.5. The molecule has 11 heteroatoms. The number of hydrogen-bond donors (Lipinski definition) is 1. The van der Waals surface area contributed by atoms with Crippen molar-refractivity contribution in [2.75, 3.05) is 31.6 Å². The fourth-order valence-electron chi connectivity index (χ4n) is 4.05. The summed E-state index contributed by atoms with van der Waals surface area (Å²) in [6.45, 7) is 5.44. The van der Waals surface area contributed by atoms with Crippen LogP contribution in [0, 0.1) is 5.92 Å². The van der Waals surface area contributed by atoms with Gasteiger partial charge >= 0.3 is 0 Å². The molecule has 41 heavy (non-hydrogen) atoms. The predicted molar refractivity (Wildman–Crippen MR) is 160 cm³/mol. The van der Waals surface area contributed by atoms with Gasteiger partial charge in [0.25, 0.3) is 10.0 Å². The first-order valence-electron chi connectivity index (χ1n) is 13.1. The van der Waals surface area contributed by atoms with Gasteiger partial charge in [-0.15, -0.1) is 0 Å².